The monoisotopic (exact) mass is 408 g/mol. The predicted molar refractivity (Wildman–Crippen MR) is 103 cm³/mol. The normalized spacial score (nSPS) is 13.3. The van der Waals surface area contributed by atoms with Crippen LogP contribution in [0.4, 0.5) is 5.69 Å². The number of hydrazone groups is 1. The molecule has 0 aliphatic heterocycles. The Hall–Kier alpha value is -2.42. The van der Waals surface area contributed by atoms with Crippen molar-refractivity contribution in [2.24, 2.45) is 5.10 Å². The standard InChI is InChI=1S/C18H20ClN3O4S/c1-11-4-7-15(10-17(11)19)21-20-12(2)14-5-8-16(9-6-14)27(25,26)22-13(3)18(23)24/h4-10,13,21-22H,1-3H3,(H,23,24)/p-1/b20-12-/t13-/m0/s1. The Kier molecular flexibility index (Phi) is 6.59. The largest absolute Gasteiger partial charge is 0.548 e. The van der Waals surface area contributed by atoms with Gasteiger partial charge in [0.25, 0.3) is 0 Å². The number of carbonyl (C=O) groups excluding carboxylic acids is 1. The first-order valence-electron chi connectivity index (χ1n) is 8.00. The van der Waals surface area contributed by atoms with E-state index in [2.05, 4.69) is 10.5 Å². The summed E-state index contributed by atoms with van der Waals surface area (Å²) in [6.07, 6.45) is 0. The number of aliphatic carboxylic acids is 1. The maximum atomic E-state index is 12.1. The Balaban J connectivity index is 2.13. The molecule has 7 nitrogen and oxygen atoms in total. The number of carbonyl (C=O) groups is 1. The first-order valence-corrected chi connectivity index (χ1v) is 9.86. The lowest BCUT2D eigenvalue weighted by molar-refractivity contribution is -0.307. The van der Waals surface area contributed by atoms with Crippen LogP contribution >= 0.6 is 11.6 Å². The summed E-state index contributed by atoms with van der Waals surface area (Å²) in [7, 11) is -3.95. The fourth-order valence-corrected chi connectivity index (χ4v) is 3.47. The molecule has 0 unspecified atom stereocenters. The van der Waals surface area contributed by atoms with E-state index in [4.69, 9.17) is 11.6 Å². The minimum absolute atomic E-state index is 0.0505. The SMILES string of the molecule is C/C(=N/Nc1ccc(C)c(Cl)c1)c1ccc(S(=O)(=O)N[C@@H](C)C(=O)[O-])cc1. The molecule has 27 heavy (non-hydrogen) atoms. The number of anilines is 1. The van der Waals surface area contributed by atoms with Gasteiger partial charge in [-0.2, -0.15) is 5.10 Å². The predicted octanol–water partition coefficient (Wildman–Crippen LogP) is 1.90. The first kappa shape index (κ1) is 20.9. The summed E-state index contributed by atoms with van der Waals surface area (Å²) in [6, 6.07) is 10.1. The third-order valence-electron chi connectivity index (χ3n) is 3.79. The van der Waals surface area contributed by atoms with Gasteiger partial charge in [0, 0.05) is 5.02 Å². The summed E-state index contributed by atoms with van der Waals surface area (Å²) in [5.74, 6) is -1.50. The lowest BCUT2D eigenvalue weighted by atomic mass is 10.1. The maximum absolute atomic E-state index is 12.1. The zero-order valence-electron chi connectivity index (χ0n) is 15.0. The van der Waals surface area contributed by atoms with Gasteiger partial charge >= 0.3 is 0 Å². The van der Waals surface area contributed by atoms with Crippen LogP contribution < -0.4 is 15.3 Å². The average molecular weight is 409 g/mol. The fraction of sp³-hybridized carbons (Fsp3) is 0.222. The molecule has 0 aliphatic carbocycles. The molecule has 2 aromatic carbocycles. The van der Waals surface area contributed by atoms with Crippen molar-refractivity contribution in [1.29, 1.82) is 0 Å². The Bertz CT molecular complexity index is 973. The van der Waals surface area contributed by atoms with Crippen molar-refractivity contribution < 1.29 is 18.3 Å². The number of rotatable bonds is 7. The summed E-state index contributed by atoms with van der Waals surface area (Å²) in [5.41, 5.74) is 5.91. The zero-order valence-corrected chi connectivity index (χ0v) is 16.6. The zero-order chi connectivity index (χ0) is 20.2. The van der Waals surface area contributed by atoms with Gasteiger partial charge in [0.15, 0.2) is 0 Å². The van der Waals surface area contributed by atoms with E-state index < -0.39 is 22.0 Å². The number of aryl methyl sites for hydroxylation is 1. The smallest absolute Gasteiger partial charge is 0.241 e. The second kappa shape index (κ2) is 8.51. The molecule has 2 aromatic rings. The van der Waals surface area contributed by atoms with Crippen molar-refractivity contribution in [2.45, 2.75) is 31.7 Å². The average Bonchev–Trinajstić information content (AvgIpc) is 2.62. The molecule has 0 spiro atoms. The molecule has 0 bridgehead atoms. The van der Waals surface area contributed by atoms with E-state index in [0.29, 0.717) is 16.3 Å². The molecule has 0 fully saturated rings. The molecule has 2 rings (SSSR count). The van der Waals surface area contributed by atoms with Crippen LogP contribution in [0, 0.1) is 6.92 Å². The number of hydrogen-bond acceptors (Lipinski definition) is 6. The van der Waals surface area contributed by atoms with Crippen LogP contribution in [0.1, 0.15) is 25.0 Å². The van der Waals surface area contributed by atoms with Crippen LogP contribution in [-0.4, -0.2) is 26.1 Å². The van der Waals surface area contributed by atoms with Gasteiger partial charge in [-0.25, -0.2) is 13.1 Å². The van der Waals surface area contributed by atoms with E-state index in [1.54, 1.807) is 25.1 Å². The number of carboxylic acids is 1. The number of sulfonamides is 1. The number of nitrogens with one attached hydrogen (secondary N) is 2. The van der Waals surface area contributed by atoms with E-state index in [0.717, 1.165) is 11.3 Å². The molecule has 0 aromatic heterocycles. The highest BCUT2D eigenvalue weighted by Gasteiger charge is 2.17. The van der Waals surface area contributed by atoms with Gasteiger partial charge in [0.05, 0.1) is 28.3 Å². The molecule has 0 saturated carbocycles. The van der Waals surface area contributed by atoms with Gasteiger partial charge in [0.2, 0.25) is 10.0 Å². The number of benzene rings is 2. The molecule has 0 amide bonds. The maximum Gasteiger partial charge on any atom is 0.241 e. The van der Waals surface area contributed by atoms with E-state index in [9.17, 15) is 18.3 Å². The van der Waals surface area contributed by atoms with Crippen LogP contribution in [0.2, 0.25) is 5.02 Å². The van der Waals surface area contributed by atoms with Gasteiger partial charge in [-0.1, -0.05) is 29.8 Å². The van der Waals surface area contributed by atoms with E-state index in [1.807, 2.05) is 23.8 Å². The molecule has 9 heteroatoms. The summed E-state index contributed by atoms with van der Waals surface area (Å²) in [6.45, 7) is 4.86. The molecule has 0 heterocycles. The summed E-state index contributed by atoms with van der Waals surface area (Å²) in [5, 5.41) is 15.6. The molecule has 0 aliphatic rings. The molecule has 144 valence electrons. The highest BCUT2D eigenvalue weighted by molar-refractivity contribution is 7.89. The highest BCUT2D eigenvalue weighted by atomic mass is 35.5. The fourth-order valence-electron chi connectivity index (χ4n) is 2.10. The molecular formula is C18H19ClN3O4S-. The van der Waals surface area contributed by atoms with Crippen LogP contribution in [0.5, 0.6) is 0 Å². The molecule has 1 atom stereocenters. The van der Waals surface area contributed by atoms with Crippen molar-refractivity contribution in [2.75, 3.05) is 5.43 Å². The lowest BCUT2D eigenvalue weighted by Crippen LogP contribution is -2.45. The lowest BCUT2D eigenvalue weighted by Gasteiger charge is -2.15. The Labute approximate surface area is 163 Å². The van der Waals surface area contributed by atoms with Crippen LogP contribution in [0.15, 0.2) is 52.5 Å². The number of nitrogens with zero attached hydrogens (tertiary/aromatic N) is 1. The molecule has 2 N–H and O–H groups in total. The van der Waals surface area contributed by atoms with Crippen molar-refractivity contribution in [1.82, 2.24) is 4.72 Å². The van der Waals surface area contributed by atoms with E-state index in [1.165, 1.54) is 19.1 Å². The second-order valence-corrected chi connectivity index (χ2v) is 8.08. The first-order chi connectivity index (χ1) is 12.6. The van der Waals surface area contributed by atoms with Crippen molar-refractivity contribution in [3.05, 3.63) is 58.6 Å². The molecule has 0 saturated heterocycles. The Morgan fingerprint density at radius 3 is 2.37 bits per heavy atom. The van der Waals surface area contributed by atoms with Crippen LogP contribution in [0.25, 0.3) is 0 Å². The minimum atomic E-state index is -3.95. The van der Waals surface area contributed by atoms with E-state index >= 15 is 0 Å². The summed E-state index contributed by atoms with van der Waals surface area (Å²) in [4.78, 5) is 10.7. The topological polar surface area (TPSA) is 111 Å². The van der Waals surface area contributed by atoms with Gasteiger partial charge in [0.1, 0.15) is 0 Å². The van der Waals surface area contributed by atoms with Gasteiger partial charge < -0.3 is 9.90 Å². The minimum Gasteiger partial charge on any atom is -0.548 e. The quantitative estimate of drug-likeness (QED) is 0.537. The molecule has 0 radical (unpaired) electrons. The van der Waals surface area contributed by atoms with Gasteiger partial charge in [-0.15, -0.1) is 0 Å². The number of carboxylic acid groups (broad SMARTS) is 1. The molecular weight excluding hydrogens is 390 g/mol. The third kappa shape index (κ3) is 5.53. The van der Waals surface area contributed by atoms with Crippen LogP contribution in [-0.2, 0) is 14.8 Å². The van der Waals surface area contributed by atoms with Crippen molar-refractivity contribution in [3.8, 4) is 0 Å². The third-order valence-corrected chi connectivity index (χ3v) is 5.76. The van der Waals surface area contributed by atoms with Crippen LogP contribution in [0.3, 0.4) is 0 Å². The highest BCUT2D eigenvalue weighted by Crippen LogP contribution is 2.20. The second-order valence-electron chi connectivity index (χ2n) is 5.96. The number of hydrogen-bond donors (Lipinski definition) is 2. The summed E-state index contributed by atoms with van der Waals surface area (Å²) < 4.78 is 26.3. The van der Waals surface area contributed by atoms with Crippen molar-refractivity contribution >= 4 is 39.0 Å². The summed E-state index contributed by atoms with van der Waals surface area (Å²) >= 11 is 6.07. The number of halogens is 1. The van der Waals surface area contributed by atoms with Gasteiger partial charge in [-0.05, 0) is 56.2 Å². The van der Waals surface area contributed by atoms with Gasteiger partial charge in [-0.3, -0.25) is 5.43 Å². The van der Waals surface area contributed by atoms with Crippen molar-refractivity contribution in [3.63, 3.8) is 0 Å². The Morgan fingerprint density at radius 2 is 1.81 bits per heavy atom. The Morgan fingerprint density at radius 1 is 1.19 bits per heavy atom. The van der Waals surface area contributed by atoms with E-state index in [-0.39, 0.29) is 4.90 Å².